The zero-order valence-electron chi connectivity index (χ0n) is 7.02. The lowest BCUT2D eigenvalue weighted by atomic mass is 10.1. The van der Waals surface area contributed by atoms with Crippen molar-refractivity contribution in [2.75, 3.05) is 0 Å². The minimum Gasteiger partial charge on any atom is -0.411 e. The predicted octanol–water partition coefficient (Wildman–Crippen LogP) is 3.82. The Bertz CT molecular complexity index is 404. The Morgan fingerprint density at radius 1 is 1.27 bits per heavy atom. The summed E-state index contributed by atoms with van der Waals surface area (Å²) in [5.74, 6) is 0. The van der Waals surface area contributed by atoms with Crippen LogP contribution in [0.2, 0.25) is 10.0 Å². The van der Waals surface area contributed by atoms with Gasteiger partial charge in [-0.3, -0.25) is 0 Å². The van der Waals surface area contributed by atoms with Crippen molar-refractivity contribution in [1.82, 2.24) is 0 Å². The van der Waals surface area contributed by atoms with E-state index in [1.807, 2.05) is 0 Å². The molecule has 0 saturated carbocycles. The van der Waals surface area contributed by atoms with Gasteiger partial charge in [-0.15, -0.1) is 0 Å². The molecule has 0 aliphatic carbocycles. The molecular weight excluding hydrogens is 254 g/mol. The summed E-state index contributed by atoms with van der Waals surface area (Å²) in [6.07, 6.45) is -3.98. The molecule has 7 heteroatoms. The minimum atomic E-state index is -4.58. The number of oxime groups is 1. The number of hydrogen-bond acceptors (Lipinski definition) is 2. The SMILES string of the molecule is ON=Cc1c(C(F)(F)F)ccc(Cl)c1Cl. The van der Waals surface area contributed by atoms with Crippen LogP contribution in [-0.4, -0.2) is 11.4 Å². The Kier molecular flexibility index (Phi) is 3.46. The van der Waals surface area contributed by atoms with E-state index in [0.717, 1.165) is 12.1 Å². The summed E-state index contributed by atoms with van der Waals surface area (Å²) >= 11 is 11.1. The molecule has 1 rings (SSSR count). The molecule has 1 N–H and O–H groups in total. The summed E-state index contributed by atoms with van der Waals surface area (Å²) in [6, 6.07) is 1.80. The lowest BCUT2D eigenvalue weighted by Crippen LogP contribution is -2.09. The minimum absolute atomic E-state index is 0.0421. The first-order valence-electron chi connectivity index (χ1n) is 3.60. The molecule has 0 bridgehead atoms. The lowest BCUT2D eigenvalue weighted by Gasteiger charge is -2.11. The number of halogens is 5. The average molecular weight is 258 g/mol. The highest BCUT2D eigenvalue weighted by Gasteiger charge is 2.34. The van der Waals surface area contributed by atoms with Crippen molar-refractivity contribution < 1.29 is 18.4 Å². The first kappa shape index (κ1) is 12.1. The van der Waals surface area contributed by atoms with Crippen molar-refractivity contribution in [2.45, 2.75) is 6.18 Å². The molecule has 0 heterocycles. The monoisotopic (exact) mass is 257 g/mol. The van der Waals surface area contributed by atoms with Gasteiger partial charge in [-0.2, -0.15) is 13.2 Å². The van der Waals surface area contributed by atoms with Crippen LogP contribution in [0.4, 0.5) is 13.2 Å². The molecule has 0 aliphatic heterocycles. The zero-order valence-corrected chi connectivity index (χ0v) is 8.53. The van der Waals surface area contributed by atoms with Gasteiger partial charge in [-0.25, -0.2) is 0 Å². The summed E-state index contributed by atoms with van der Waals surface area (Å²) in [5.41, 5.74) is -1.46. The second-order valence-corrected chi connectivity index (χ2v) is 3.35. The Labute approximate surface area is 92.9 Å². The van der Waals surface area contributed by atoms with Crippen LogP contribution in [0, 0.1) is 0 Å². The Balaban J connectivity index is 3.47. The van der Waals surface area contributed by atoms with Crippen LogP contribution in [0.25, 0.3) is 0 Å². The fourth-order valence-electron chi connectivity index (χ4n) is 0.997. The first-order chi connectivity index (χ1) is 6.88. The molecule has 0 aliphatic rings. The lowest BCUT2D eigenvalue weighted by molar-refractivity contribution is -0.137. The fourth-order valence-corrected chi connectivity index (χ4v) is 1.38. The number of rotatable bonds is 1. The molecule has 0 atom stereocenters. The maximum Gasteiger partial charge on any atom is 0.417 e. The number of alkyl halides is 3. The molecule has 2 nitrogen and oxygen atoms in total. The van der Waals surface area contributed by atoms with Gasteiger partial charge in [-0.1, -0.05) is 28.4 Å². The molecule has 0 spiro atoms. The Morgan fingerprint density at radius 2 is 1.87 bits per heavy atom. The van der Waals surface area contributed by atoms with E-state index in [2.05, 4.69) is 5.16 Å². The van der Waals surface area contributed by atoms with Crippen LogP contribution in [0.3, 0.4) is 0 Å². The van der Waals surface area contributed by atoms with Gasteiger partial charge in [0.15, 0.2) is 0 Å². The molecule has 82 valence electrons. The highest BCUT2D eigenvalue weighted by atomic mass is 35.5. The Hall–Kier alpha value is -0.940. The van der Waals surface area contributed by atoms with E-state index in [4.69, 9.17) is 28.4 Å². The molecule has 1 aromatic rings. The average Bonchev–Trinajstić information content (AvgIpc) is 2.11. The van der Waals surface area contributed by atoms with E-state index in [1.54, 1.807) is 0 Å². The molecule has 0 saturated heterocycles. The second-order valence-electron chi connectivity index (χ2n) is 2.56. The van der Waals surface area contributed by atoms with Gasteiger partial charge in [0.2, 0.25) is 0 Å². The van der Waals surface area contributed by atoms with E-state index in [1.165, 1.54) is 0 Å². The van der Waals surface area contributed by atoms with Crippen molar-refractivity contribution in [3.63, 3.8) is 0 Å². The van der Waals surface area contributed by atoms with E-state index in [9.17, 15) is 13.2 Å². The smallest absolute Gasteiger partial charge is 0.411 e. The third kappa shape index (κ3) is 2.54. The summed E-state index contributed by atoms with van der Waals surface area (Å²) < 4.78 is 37.3. The predicted molar refractivity (Wildman–Crippen MR) is 50.8 cm³/mol. The normalized spacial score (nSPS) is 12.3. The van der Waals surface area contributed by atoms with Crippen LogP contribution in [-0.2, 0) is 6.18 Å². The second kappa shape index (κ2) is 4.28. The summed E-state index contributed by atoms with van der Waals surface area (Å²) in [7, 11) is 0. The molecule has 0 aromatic heterocycles. The first-order valence-corrected chi connectivity index (χ1v) is 4.36. The van der Waals surface area contributed by atoms with E-state index >= 15 is 0 Å². The van der Waals surface area contributed by atoms with Crippen LogP contribution in [0.5, 0.6) is 0 Å². The van der Waals surface area contributed by atoms with Crippen molar-refractivity contribution in [3.8, 4) is 0 Å². The van der Waals surface area contributed by atoms with Gasteiger partial charge in [-0.05, 0) is 12.1 Å². The molecular formula is C8H4Cl2F3NO. The van der Waals surface area contributed by atoms with Crippen molar-refractivity contribution in [2.24, 2.45) is 5.16 Å². The van der Waals surface area contributed by atoms with E-state index in [0.29, 0.717) is 6.21 Å². The van der Waals surface area contributed by atoms with Crippen LogP contribution in [0.1, 0.15) is 11.1 Å². The number of hydrogen-bond donors (Lipinski definition) is 1. The van der Waals surface area contributed by atoms with Crippen LogP contribution < -0.4 is 0 Å². The topological polar surface area (TPSA) is 32.6 Å². The highest BCUT2D eigenvalue weighted by molar-refractivity contribution is 6.43. The number of nitrogens with zero attached hydrogens (tertiary/aromatic N) is 1. The van der Waals surface area contributed by atoms with Crippen LogP contribution in [0.15, 0.2) is 17.3 Å². The maximum absolute atomic E-state index is 12.4. The highest BCUT2D eigenvalue weighted by Crippen LogP contribution is 2.37. The van der Waals surface area contributed by atoms with Crippen molar-refractivity contribution >= 4 is 29.4 Å². The quantitative estimate of drug-likeness (QED) is 0.463. The molecule has 15 heavy (non-hydrogen) atoms. The third-order valence-electron chi connectivity index (χ3n) is 1.62. The molecule has 0 fully saturated rings. The Morgan fingerprint density at radius 3 is 2.33 bits per heavy atom. The molecule has 0 unspecified atom stereocenters. The van der Waals surface area contributed by atoms with Crippen LogP contribution >= 0.6 is 23.2 Å². The van der Waals surface area contributed by atoms with Crippen molar-refractivity contribution in [3.05, 3.63) is 33.3 Å². The largest absolute Gasteiger partial charge is 0.417 e. The summed E-state index contributed by atoms with van der Waals surface area (Å²) in [5, 5.41) is 10.4. The molecule has 1 aromatic carbocycles. The standard InChI is InChI=1S/C8H4Cl2F3NO/c9-6-2-1-5(8(11,12)13)4(3-14-15)7(6)10/h1-3,15H. The van der Waals surface area contributed by atoms with E-state index in [-0.39, 0.29) is 10.0 Å². The summed E-state index contributed by atoms with van der Waals surface area (Å²) in [4.78, 5) is 0. The zero-order chi connectivity index (χ0) is 11.6. The van der Waals surface area contributed by atoms with Gasteiger partial charge in [0.1, 0.15) is 0 Å². The van der Waals surface area contributed by atoms with E-state index < -0.39 is 17.3 Å². The third-order valence-corrected chi connectivity index (χ3v) is 2.44. The van der Waals surface area contributed by atoms with Gasteiger partial charge >= 0.3 is 6.18 Å². The summed E-state index contributed by atoms with van der Waals surface area (Å²) in [6.45, 7) is 0. The molecule has 0 amide bonds. The fraction of sp³-hybridized carbons (Fsp3) is 0.125. The van der Waals surface area contributed by atoms with Gasteiger partial charge in [0, 0.05) is 5.56 Å². The molecule has 0 radical (unpaired) electrons. The maximum atomic E-state index is 12.4. The van der Waals surface area contributed by atoms with Crippen molar-refractivity contribution in [1.29, 1.82) is 0 Å². The van der Waals surface area contributed by atoms with Gasteiger partial charge in [0.05, 0.1) is 21.8 Å². The number of benzene rings is 1. The van der Waals surface area contributed by atoms with Gasteiger partial charge in [0.25, 0.3) is 0 Å². The van der Waals surface area contributed by atoms with Gasteiger partial charge < -0.3 is 5.21 Å².